The van der Waals surface area contributed by atoms with E-state index in [0.717, 1.165) is 54.9 Å². The number of halogens is 1. The van der Waals surface area contributed by atoms with Crippen LogP contribution in [0.1, 0.15) is 44.3 Å². The highest BCUT2D eigenvalue weighted by molar-refractivity contribution is 7.90. The minimum atomic E-state index is -4.20. The van der Waals surface area contributed by atoms with E-state index in [4.69, 9.17) is 4.98 Å². The number of hydrogen-bond acceptors (Lipinski definition) is 6. The molecule has 6 aromatic rings. The molecule has 268 valence electrons. The molecule has 8 nitrogen and oxygen atoms in total. The molecule has 11 heteroatoms. The SMILES string of the molecule is O=S(=O)(c1cccc2ccccc12)N1C[C@@H]2CCCN3CCC[C@@H]([C@H]23)[C@H]1CCCc1nc2ccc(F)cc2n1S(=O)(=O)c1cccc2ccccc12. The normalized spacial score (nSPS) is 22.9. The van der Waals surface area contributed by atoms with Gasteiger partial charge >= 0.3 is 0 Å². The Kier molecular flexibility index (Phi) is 8.45. The lowest BCUT2D eigenvalue weighted by molar-refractivity contribution is -0.0523. The minimum Gasteiger partial charge on any atom is -0.300 e. The molecule has 0 amide bonds. The van der Waals surface area contributed by atoms with Gasteiger partial charge in [-0.25, -0.2) is 30.2 Å². The van der Waals surface area contributed by atoms with Crippen molar-refractivity contribution >= 4 is 52.6 Å². The minimum absolute atomic E-state index is 0.126. The first-order valence-electron chi connectivity index (χ1n) is 18.4. The van der Waals surface area contributed by atoms with Crippen LogP contribution in [0.5, 0.6) is 0 Å². The van der Waals surface area contributed by atoms with Gasteiger partial charge in [-0.3, -0.25) is 4.90 Å². The van der Waals surface area contributed by atoms with Crippen molar-refractivity contribution < 1.29 is 21.2 Å². The summed E-state index contributed by atoms with van der Waals surface area (Å²) < 4.78 is 76.6. The molecule has 4 heterocycles. The third-order valence-corrected chi connectivity index (χ3v) is 15.5. The molecule has 1 aromatic heterocycles. The highest BCUT2D eigenvalue weighted by Crippen LogP contribution is 2.45. The van der Waals surface area contributed by atoms with Crippen molar-refractivity contribution in [1.29, 1.82) is 0 Å². The number of piperidine rings is 3. The number of hydrogen-bond donors (Lipinski definition) is 0. The first-order chi connectivity index (χ1) is 25.2. The Morgan fingerprint density at radius 1 is 0.731 bits per heavy atom. The Morgan fingerprint density at radius 3 is 2.08 bits per heavy atom. The average molecular weight is 737 g/mol. The van der Waals surface area contributed by atoms with Crippen LogP contribution >= 0.6 is 0 Å². The molecule has 0 aliphatic carbocycles. The summed E-state index contributed by atoms with van der Waals surface area (Å²) in [6.07, 6.45) is 5.41. The van der Waals surface area contributed by atoms with E-state index in [1.807, 2.05) is 54.6 Å². The van der Waals surface area contributed by atoms with Gasteiger partial charge in [0, 0.05) is 41.9 Å². The molecule has 0 spiro atoms. The van der Waals surface area contributed by atoms with Crippen LogP contribution < -0.4 is 0 Å². The second-order valence-corrected chi connectivity index (χ2v) is 18.3. The van der Waals surface area contributed by atoms with E-state index in [9.17, 15) is 21.2 Å². The summed E-state index contributed by atoms with van der Waals surface area (Å²) >= 11 is 0. The quantitative estimate of drug-likeness (QED) is 0.160. The molecule has 0 N–H and O–H groups in total. The fourth-order valence-electron chi connectivity index (χ4n) is 9.63. The smallest absolute Gasteiger partial charge is 0.270 e. The van der Waals surface area contributed by atoms with Crippen molar-refractivity contribution in [1.82, 2.24) is 18.2 Å². The lowest BCUT2D eigenvalue weighted by atomic mass is 9.70. The van der Waals surface area contributed by atoms with E-state index in [1.165, 1.54) is 22.2 Å². The third-order valence-electron chi connectivity index (χ3n) is 11.8. The van der Waals surface area contributed by atoms with Gasteiger partial charge in [0.05, 0.1) is 20.8 Å². The standard InChI is InChI=1S/C41H41FN4O4S2/c42-31-22-23-35-37(26-31)46(52(49,50)39-20-6-13-29-11-2-4-16-33(29)39)40(43-35)21-7-18-36-34-17-9-25-44-24-8-14-30(41(34)44)27-45(36)51(47,48)38-19-5-12-28-10-1-3-15-32(28)38/h1-6,10-13,15-16,19-20,22-23,26,30,34,36,41H,7-9,14,17-18,21,24-25,27H2/t30-,34+,36+,41-/m0/s1. The van der Waals surface area contributed by atoms with Crippen molar-refractivity contribution in [2.75, 3.05) is 19.6 Å². The van der Waals surface area contributed by atoms with Crippen LogP contribution in [0.2, 0.25) is 0 Å². The zero-order chi connectivity index (χ0) is 35.6. The zero-order valence-corrected chi connectivity index (χ0v) is 30.4. The Hall–Kier alpha value is -4.16. The summed E-state index contributed by atoms with van der Waals surface area (Å²) in [6.45, 7) is 2.57. The molecule has 4 atom stereocenters. The maximum absolute atomic E-state index is 14.9. The fourth-order valence-corrected chi connectivity index (χ4v) is 13.3. The van der Waals surface area contributed by atoms with E-state index in [-0.39, 0.29) is 34.7 Å². The molecule has 3 aliphatic rings. The second kappa shape index (κ2) is 13.1. The lowest BCUT2D eigenvalue weighted by Gasteiger charge is -2.57. The zero-order valence-electron chi connectivity index (χ0n) is 28.8. The molecule has 0 radical (unpaired) electrons. The summed E-state index contributed by atoms with van der Waals surface area (Å²) in [5, 5.41) is 2.97. The predicted octanol–water partition coefficient (Wildman–Crippen LogP) is 7.61. The second-order valence-electron chi connectivity index (χ2n) is 14.7. The summed E-state index contributed by atoms with van der Waals surface area (Å²) in [5.74, 6) is 0.206. The Bertz CT molecular complexity index is 2540. The summed E-state index contributed by atoms with van der Waals surface area (Å²) in [5.41, 5.74) is 0.583. The van der Waals surface area contributed by atoms with Crippen molar-refractivity contribution in [2.24, 2.45) is 11.8 Å². The monoisotopic (exact) mass is 736 g/mol. The van der Waals surface area contributed by atoms with E-state index >= 15 is 0 Å². The first-order valence-corrected chi connectivity index (χ1v) is 21.2. The molecule has 5 aromatic carbocycles. The van der Waals surface area contributed by atoms with Gasteiger partial charge in [-0.1, -0.05) is 72.8 Å². The summed E-state index contributed by atoms with van der Waals surface area (Å²) in [6, 6.07) is 29.7. The van der Waals surface area contributed by atoms with E-state index in [2.05, 4.69) is 4.90 Å². The number of benzene rings is 5. The molecule has 0 bridgehead atoms. The summed E-state index contributed by atoms with van der Waals surface area (Å²) in [7, 11) is -8.07. The van der Waals surface area contributed by atoms with Crippen LogP contribution in [0.15, 0.2) is 113 Å². The molecule has 3 fully saturated rings. The highest BCUT2D eigenvalue weighted by atomic mass is 32.2. The number of rotatable bonds is 8. The van der Waals surface area contributed by atoms with E-state index in [0.29, 0.717) is 47.1 Å². The van der Waals surface area contributed by atoms with Crippen LogP contribution in [0.3, 0.4) is 0 Å². The predicted molar refractivity (Wildman–Crippen MR) is 202 cm³/mol. The Labute approximate surface area is 304 Å². The van der Waals surface area contributed by atoms with Gasteiger partial charge in [-0.15, -0.1) is 0 Å². The Morgan fingerprint density at radius 2 is 1.37 bits per heavy atom. The summed E-state index contributed by atoms with van der Waals surface area (Å²) in [4.78, 5) is 7.82. The van der Waals surface area contributed by atoms with Gasteiger partial charge in [0.2, 0.25) is 10.0 Å². The van der Waals surface area contributed by atoms with Crippen LogP contribution in [0.25, 0.3) is 32.6 Å². The van der Waals surface area contributed by atoms with Crippen LogP contribution in [-0.4, -0.2) is 66.7 Å². The van der Waals surface area contributed by atoms with Gasteiger partial charge in [0.15, 0.2) is 0 Å². The van der Waals surface area contributed by atoms with E-state index in [1.54, 1.807) is 34.6 Å². The first kappa shape index (κ1) is 33.7. The van der Waals surface area contributed by atoms with Crippen molar-refractivity contribution in [2.45, 2.75) is 66.8 Å². The van der Waals surface area contributed by atoms with Crippen LogP contribution in [-0.2, 0) is 26.5 Å². The molecular formula is C41H41FN4O4S2. The molecule has 3 aliphatic heterocycles. The lowest BCUT2D eigenvalue weighted by Crippen LogP contribution is -2.65. The number of imidazole rings is 1. The van der Waals surface area contributed by atoms with Crippen molar-refractivity contribution in [3.63, 3.8) is 0 Å². The fraction of sp³-hybridized carbons (Fsp3) is 0.341. The van der Waals surface area contributed by atoms with Gasteiger partial charge < -0.3 is 0 Å². The molecule has 3 saturated heterocycles. The largest absolute Gasteiger partial charge is 0.300 e. The van der Waals surface area contributed by atoms with Gasteiger partial charge in [-0.05, 0) is 98.5 Å². The molecule has 52 heavy (non-hydrogen) atoms. The maximum atomic E-state index is 14.9. The highest BCUT2D eigenvalue weighted by Gasteiger charge is 2.51. The molecule has 0 saturated carbocycles. The number of aryl methyl sites for hydroxylation is 1. The maximum Gasteiger partial charge on any atom is 0.270 e. The van der Waals surface area contributed by atoms with Gasteiger partial charge in [0.25, 0.3) is 10.0 Å². The van der Waals surface area contributed by atoms with E-state index < -0.39 is 25.9 Å². The van der Waals surface area contributed by atoms with Crippen molar-refractivity contribution in [3.05, 3.63) is 115 Å². The molecular weight excluding hydrogens is 696 g/mol. The average Bonchev–Trinajstić information content (AvgIpc) is 3.53. The topological polar surface area (TPSA) is 92.6 Å². The third kappa shape index (κ3) is 5.55. The van der Waals surface area contributed by atoms with Crippen LogP contribution in [0, 0.1) is 17.7 Å². The van der Waals surface area contributed by atoms with Crippen LogP contribution in [0.4, 0.5) is 4.39 Å². The van der Waals surface area contributed by atoms with Gasteiger partial charge in [-0.2, -0.15) is 4.31 Å². The molecule has 9 rings (SSSR count). The number of fused-ring (bicyclic) bond motifs is 3. The number of sulfonamides is 1. The van der Waals surface area contributed by atoms with Crippen molar-refractivity contribution in [3.8, 4) is 0 Å². The Balaban J connectivity index is 1.10. The molecule has 0 unspecified atom stereocenters. The number of nitrogens with zero attached hydrogens (tertiary/aromatic N) is 4. The number of aromatic nitrogens is 2. The van der Waals surface area contributed by atoms with Gasteiger partial charge in [0.1, 0.15) is 11.6 Å².